The Labute approximate surface area is 133 Å². The smallest absolute Gasteiger partial charge is 0.246 e. The fraction of sp³-hybridized carbons (Fsp3) is 0.462. The van der Waals surface area contributed by atoms with Gasteiger partial charge in [-0.25, -0.2) is 12.8 Å². The second kappa shape index (κ2) is 6.49. The molecule has 1 aliphatic rings. The summed E-state index contributed by atoms with van der Waals surface area (Å²) in [7, 11) is -3.98. The minimum Gasteiger partial charge on any atom is -0.328 e. The van der Waals surface area contributed by atoms with Gasteiger partial charge in [-0.2, -0.15) is 4.31 Å². The van der Waals surface area contributed by atoms with Crippen molar-refractivity contribution in [3.8, 4) is 0 Å². The maximum Gasteiger partial charge on any atom is 0.246 e. The topological polar surface area (TPSA) is 92.5 Å². The van der Waals surface area contributed by atoms with Crippen molar-refractivity contribution in [2.75, 3.05) is 18.4 Å². The number of nitrogens with one attached hydrogen (secondary N) is 1. The van der Waals surface area contributed by atoms with Crippen LogP contribution in [0.15, 0.2) is 17.0 Å². The normalized spacial score (nSPS) is 17.5. The van der Waals surface area contributed by atoms with Crippen molar-refractivity contribution in [2.45, 2.75) is 30.7 Å². The molecule has 1 aliphatic heterocycles. The van der Waals surface area contributed by atoms with E-state index in [2.05, 4.69) is 5.32 Å². The third kappa shape index (κ3) is 3.57. The molecular formula is C13H17ClFN3O3S. The molecule has 1 heterocycles. The zero-order valence-corrected chi connectivity index (χ0v) is 13.5. The number of anilines is 1. The first-order valence-electron chi connectivity index (χ1n) is 6.74. The zero-order valence-electron chi connectivity index (χ0n) is 12.0. The van der Waals surface area contributed by atoms with Crippen molar-refractivity contribution < 1.29 is 17.6 Å². The number of halogens is 2. The van der Waals surface area contributed by atoms with Gasteiger partial charge in [0, 0.05) is 32.1 Å². The molecule has 0 unspecified atom stereocenters. The van der Waals surface area contributed by atoms with E-state index in [-0.39, 0.29) is 29.8 Å². The number of benzene rings is 1. The molecule has 0 aliphatic carbocycles. The van der Waals surface area contributed by atoms with Gasteiger partial charge in [0.25, 0.3) is 0 Å². The molecule has 0 aromatic heterocycles. The van der Waals surface area contributed by atoms with Crippen molar-refractivity contribution in [2.24, 2.45) is 5.73 Å². The lowest BCUT2D eigenvalue weighted by Crippen LogP contribution is -2.43. The molecule has 0 bridgehead atoms. The molecule has 0 saturated carbocycles. The van der Waals surface area contributed by atoms with E-state index in [1.807, 2.05) is 0 Å². The van der Waals surface area contributed by atoms with Gasteiger partial charge in [-0.3, -0.25) is 4.79 Å². The maximum absolute atomic E-state index is 14.2. The van der Waals surface area contributed by atoms with Gasteiger partial charge >= 0.3 is 0 Å². The monoisotopic (exact) mass is 349 g/mol. The van der Waals surface area contributed by atoms with Gasteiger partial charge in [0.1, 0.15) is 10.7 Å². The minimum atomic E-state index is -3.98. The Morgan fingerprint density at radius 1 is 1.41 bits per heavy atom. The molecule has 0 atom stereocenters. The second-order valence-electron chi connectivity index (χ2n) is 5.19. The predicted octanol–water partition coefficient (Wildman–Crippen LogP) is 1.55. The van der Waals surface area contributed by atoms with Gasteiger partial charge in [-0.05, 0) is 18.9 Å². The van der Waals surface area contributed by atoms with E-state index < -0.39 is 26.6 Å². The molecular weight excluding hydrogens is 333 g/mol. The summed E-state index contributed by atoms with van der Waals surface area (Å²) in [5.41, 5.74) is 5.78. The van der Waals surface area contributed by atoms with Gasteiger partial charge < -0.3 is 11.1 Å². The first-order chi connectivity index (χ1) is 10.2. The van der Waals surface area contributed by atoms with Crippen molar-refractivity contribution in [1.29, 1.82) is 0 Å². The van der Waals surface area contributed by atoms with E-state index >= 15 is 0 Å². The summed E-state index contributed by atoms with van der Waals surface area (Å²) in [4.78, 5) is 10.5. The Hall–Kier alpha value is -1.22. The average molecular weight is 350 g/mol. The van der Waals surface area contributed by atoms with Gasteiger partial charge in [-0.15, -0.1) is 0 Å². The Bertz CT molecular complexity index is 688. The van der Waals surface area contributed by atoms with E-state index in [9.17, 15) is 17.6 Å². The van der Waals surface area contributed by atoms with E-state index in [0.29, 0.717) is 12.8 Å². The van der Waals surface area contributed by atoms with Gasteiger partial charge in [0.15, 0.2) is 0 Å². The Balaban J connectivity index is 2.35. The van der Waals surface area contributed by atoms with Crippen LogP contribution in [0.2, 0.25) is 5.02 Å². The summed E-state index contributed by atoms with van der Waals surface area (Å²) in [6, 6.07) is 1.89. The van der Waals surface area contributed by atoms with Crippen molar-refractivity contribution in [3.63, 3.8) is 0 Å². The fourth-order valence-corrected chi connectivity index (χ4v) is 4.08. The zero-order chi connectivity index (χ0) is 16.5. The van der Waals surface area contributed by atoms with Crippen LogP contribution in [0, 0.1) is 5.82 Å². The largest absolute Gasteiger partial charge is 0.328 e. The van der Waals surface area contributed by atoms with Gasteiger partial charge in [-0.1, -0.05) is 11.6 Å². The summed E-state index contributed by atoms with van der Waals surface area (Å²) < 4.78 is 40.4. The number of nitrogens with two attached hydrogens (primary N) is 1. The van der Waals surface area contributed by atoms with Crippen LogP contribution in [-0.4, -0.2) is 37.8 Å². The van der Waals surface area contributed by atoms with Crippen molar-refractivity contribution >= 4 is 33.2 Å². The molecule has 22 heavy (non-hydrogen) atoms. The number of sulfonamides is 1. The quantitative estimate of drug-likeness (QED) is 0.865. The SMILES string of the molecule is CC(=O)Nc1cc(F)c(S(=O)(=O)N2CCC(N)CC2)cc1Cl. The highest BCUT2D eigenvalue weighted by molar-refractivity contribution is 7.89. The molecule has 2 rings (SSSR count). The summed E-state index contributed by atoms with van der Waals surface area (Å²) in [6.45, 7) is 1.73. The lowest BCUT2D eigenvalue weighted by atomic mass is 10.1. The fourth-order valence-electron chi connectivity index (χ4n) is 2.27. The number of nitrogens with zero attached hydrogens (tertiary/aromatic N) is 1. The van der Waals surface area contributed by atoms with Crippen LogP contribution in [-0.2, 0) is 14.8 Å². The highest BCUT2D eigenvalue weighted by Gasteiger charge is 2.31. The maximum atomic E-state index is 14.2. The Morgan fingerprint density at radius 3 is 2.55 bits per heavy atom. The lowest BCUT2D eigenvalue weighted by Gasteiger charge is -2.29. The highest BCUT2D eigenvalue weighted by Crippen LogP contribution is 2.30. The van der Waals surface area contributed by atoms with Crippen LogP contribution in [0.25, 0.3) is 0 Å². The van der Waals surface area contributed by atoms with E-state index in [1.165, 1.54) is 11.2 Å². The van der Waals surface area contributed by atoms with Crippen LogP contribution < -0.4 is 11.1 Å². The molecule has 1 aromatic rings. The first kappa shape index (κ1) is 17.1. The summed E-state index contributed by atoms with van der Waals surface area (Å²) in [5, 5.41) is 2.30. The molecule has 122 valence electrons. The third-order valence-electron chi connectivity index (χ3n) is 3.45. The molecule has 0 radical (unpaired) electrons. The molecule has 9 heteroatoms. The van der Waals surface area contributed by atoms with E-state index in [1.54, 1.807) is 0 Å². The molecule has 6 nitrogen and oxygen atoms in total. The van der Waals surface area contributed by atoms with E-state index in [4.69, 9.17) is 17.3 Å². The van der Waals surface area contributed by atoms with Crippen molar-refractivity contribution in [1.82, 2.24) is 4.31 Å². The van der Waals surface area contributed by atoms with E-state index in [0.717, 1.165) is 12.1 Å². The molecule has 1 aromatic carbocycles. The summed E-state index contributed by atoms with van der Waals surface area (Å²) in [5.74, 6) is -1.38. The number of hydrogen-bond acceptors (Lipinski definition) is 4. The first-order valence-corrected chi connectivity index (χ1v) is 8.56. The summed E-state index contributed by atoms with van der Waals surface area (Å²) in [6.07, 6.45) is 1.05. The van der Waals surface area contributed by atoms with Crippen LogP contribution in [0.1, 0.15) is 19.8 Å². The number of piperidine rings is 1. The van der Waals surface area contributed by atoms with Crippen LogP contribution in [0.5, 0.6) is 0 Å². The number of carbonyl (C=O) groups excluding carboxylic acids is 1. The minimum absolute atomic E-state index is 0.0336. The number of amides is 1. The Kier molecular flexibility index (Phi) is 5.06. The van der Waals surface area contributed by atoms with Gasteiger partial charge in [0.2, 0.25) is 15.9 Å². The van der Waals surface area contributed by atoms with Crippen LogP contribution in [0.4, 0.5) is 10.1 Å². The molecule has 1 amide bonds. The number of rotatable bonds is 3. The molecule has 3 N–H and O–H groups in total. The number of hydrogen-bond donors (Lipinski definition) is 2. The second-order valence-corrected chi connectivity index (χ2v) is 7.50. The predicted molar refractivity (Wildman–Crippen MR) is 81.7 cm³/mol. The third-order valence-corrected chi connectivity index (χ3v) is 5.68. The summed E-state index contributed by atoms with van der Waals surface area (Å²) >= 11 is 5.93. The lowest BCUT2D eigenvalue weighted by molar-refractivity contribution is -0.114. The van der Waals surface area contributed by atoms with Gasteiger partial charge in [0.05, 0.1) is 10.7 Å². The molecule has 1 fully saturated rings. The Morgan fingerprint density at radius 2 is 2.00 bits per heavy atom. The van der Waals surface area contributed by atoms with Crippen LogP contribution >= 0.6 is 11.6 Å². The highest BCUT2D eigenvalue weighted by atomic mass is 35.5. The average Bonchev–Trinajstić information content (AvgIpc) is 2.42. The molecule has 0 spiro atoms. The van der Waals surface area contributed by atoms with Crippen LogP contribution in [0.3, 0.4) is 0 Å². The van der Waals surface area contributed by atoms with Crippen molar-refractivity contribution in [3.05, 3.63) is 23.0 Å². The molecule has 1 saturated heterocycles. The standard InChI is InChI=1S/C13H17ClFN3O3S/c1-8(19)17-12-7-11(15)13(6-10(12)14)22(20,21)18-4-2-9(16)3-5-18/h6-7,9H,2-5,16H2,1H3,(H,17,19). The number of carbonyl (C=O) groups is 1.